The normalized spacial score (nSPS) is 29.6. The molecule has 2 aliphatic rings. The van der Waals surface area contributed by atoms with Crippen LogP contribution in [0.5, 0.6) is 0 Å². The summed E-state index contributed by atoms with van der Waals surface area (Å²) in [5, 5.41) is 8.08. The molecule has 0 spiro atoms. The molecule has 1 aromatic heterocycles. The predicted octanol–water partition coefficient (Wildman–Crippen LogP) is 2.32. The van der Waals surface area contributed by atoms with Gasteiger partial charge in [0.1, 0.15) is 0 Å². The van der Waals surface area contributed by atoms with E-state index in [1.54, 1.807) is 0 Å². The molecule has 0 amide bonds. The Labute approximate surface area is 106 Å². The minimum Gasteiger partial charge on any atom is -0.339 e. The molecule has 0 saturated carbocycles. The molecule has 17 heavy (non-hydrogen) atoms. The van der Waals surface area contributed by atoms with Crippen molar-refractivity contribution in [3.05, 3.63) is 11.7 Å². The SMILES string of the molecule is C1CCC(c2noc(CC3CCCN3)n2)SC1. The van der Waals surface area contributed by atoms with E-state index in [0.29, 0.717) is 11.3 Å². The van der Waals surface area contributed by atoms with Crippen LogP contribution in [0.25, 0.3) is 0 Å². The van der Waals surface area contributed by atoms with Crippen molar-refractivity contribution in [1.29, 1.82) is 0 Å². The van der Waals surface area contributed by atoms with Crippen molar-refractivity contribution in [2.75, 3.05) is 12.3 Å². The second-order valence-corrected chi connectivity index (χ2v) is 6.21. The molecule has 0 aliphatic carbocycles. The van der Waals surface area contributed by atoms with Crippen LogP contribution in [-0.2, 0) is 6.42 Å². The minimum absolute atomic E-state index is 0.470. The first-order valence-electron chi connectivity index (χ1n) is 6.59. The summed E-state index contributed by atoms with van der Waals surface area (Å²) >= 11 is 1.97. The zero-order chi connectivity index (χ0) is 11.5. The summed E-state index contributed by atoms with van der Waals surface area (Å²) in [6, 6.07) is 0.544. The Bertz CT molecular complexity index is 356. The van der Waals surface area contributed by atoms with Gasteiger partial charge < -0.3 is 9.84 Å². The molecule has 4 nitrogen and oxygen atoms in total. The lowest BCUT2D eigenvalue weighted by molar-refractivity contribution is 0.359. The Morgan fingerprint density at radius 3 is 3.06 bits per heavy atom. The van der Waals surface area contributed by atoms with Gasteiger partial charge in [-0.25, -0.2) is 0 Å². The van der Waals surface area contributed by atoms with Crippen LogP contribution in [-0.4, -0.2) is 28.5 Å². The molecular formula is C12H19N3OS. The molecular weight excluding hydrogens is 234 g/mol. The first-order chi connectivity index (χ1) is 8.42. The molecule has 3 rings (SSSR count). The van der Waals surface area contributed by atoms with E-state index in [9.17, 15) is 0 Å². The van der Waals surface area contributed by atoms with Gasteiger partial charge in [0.05, 0.1) is 5.25 Å². The summed E-state index contributed by atoms with van der Waals surface area (Å²) < 4.78 is 5.37. The summed E-state index contributed by atoms with van der Waals surface area (Å²) in [6.45, 7) is 1.13. The third-order valence-corrected chi connectivity index (χ3v) is 4.91. The molecule has 0 bridgehead atoms. The van der Waals surface area contributed by atoms with Crippen LogP contribution >= 0.6 is 11.8 Å². The second-order valence-electron chi connectivity index (χ2n) is 4.90. The number of hydrogen-bond acceptors (Lipinski definition) is 5. The van der Waals surface area contributed by atoms with E-state index < -0.39 is 0 Å². The van der Waals surface area contributed by atoms with Crippen molar-refractivity contribution in [1.82, 2.24) is 15.5 Å². The highest BCUT2D eigenvalue weighted by molar-refractivity contribution is 7.99. The molecule has 2 atom stereocenters. The number of aromatic nitrogens is 2. The Kier molecular flexibility index (Phi) is 3.66. The van der Waals surface area contributed by atoms with Gasteiger partial charge in [0.15, 0.2) is 5.82 Å². The van der Waals surface area contributed by atoms with Crippen LogP contribution in [0, 0.1) is 0 Å². The molecule has 2 saturated heterocycles. The first-order valence-corrected chi connectivity index (χ1v) is 7.64. The molecule has 1 N–H and O–H groups in total. The van der Waals surface area contributed by atoms with Gasteiger partial charge in [-0.15, -0.1) is 0 Å². The van der Waals surface area contributed by atoms with Crippen LogP contribution in [0.4, 0.5) is 0 Å². The van der Waals surface area contributed by atoms with E-state index in [0.717, 1.165) is 24.7 Å². The van der Waals surface area contributed by atoms with Crippen LogP contribution in [0.15, 0.2) is 4.52 Å². The van der Waals surface area contributed by atoms with Crippen LogP contribution in [0.2, 0.25) is 0 Å². The fraction of sp³-hybridized carbons (Fsp3) is 0.833. The molecule has 2 fully saturated rings. The van der Waals surface area contributed by atoms with Crippen LogP contribution in [0.3, 0.4) is 0 Å². The molecule has 0 aromatic carbocycles. The second kappa shape index (κ2) is 5.40. The number of nitrogens with one attached hydrogen (secondary N) is 1. The number of hydrogen-bond donors (Lipinski definition) is 1. The smallest absolute Gasteiger partial charge is 0.228 e. The monoisotopic (exact) mass is 253 g/mol. The lowest BCUT2D eigenvalue weighted by Gasteiger charge is -2.17. The largest absolute Gasteiger partial charge is 0.339 e. The average molecular weight is 253 g/mol. The van der Waals surface area contributed by atoms with Gasteiger partial charge in [-0.05, 0) is 38.0 Å². The molecule has 94 valence electrons. The van der Waals surface area contributed by atoms with E-state index >= 15 is 0 Å². The van der Waals surface area contributed by atoms with Gasteiger partial charge in [0.2, 0.25) is 5.89 Å². The van der Waals surface area contributed by atoms with Crippen molar-refractivity contribution >= 4 is 11.8 Å². The quantitative estimate of drug-likeness (QED) is 0.896. The lowest BCUT2D eigenvalue weighted by Crippen LogP contribution is -2.23. The van der Waals surface area contributed by atoms with Gasteiger partial charge >= 0.3 is 0 Å². The molecule has 0 radical (unpaired) electrons. The standard InChI is InChI=1S/C12H19N3OS/c1-2-7-17-10(5-1)12-14-11(16-15-12)8-9-4-3-6-13-9/h9-10,13H,1-8H2. The van der Waals surface area contributed by atoms with Crippen molar-refractivity contribution in [3.8, 4) is 0 Å². The van der Waals surface area contributed by atoms with Gasteiger partial charge in [-0.3, -0.25) is 0 Å². The highest BCUT2D eigenvalue weighted by atomic mass is 32.2. The highest BCUT2D eigenvalue weighted by Gasteiger charge is 2.23. The van der Waals surface area contributed by atoms with E-state index in [1.807, 2.05) is 11.8 Å². The van der Waals surface area contributed by atoms with E-state index in [1.165, 1.54) is 37.9 Å². The third-order valence-electron chi connectivity index (χ3n) is 3.53. The van der Waals surface area contributed by atoms with Crippen molar-refractivity contribution in [2.24, 2.45) is 0 Å². The maximum Gasteiger partial charge on any atom is 0.228 e. The Morgan fingerprint density at radius 1 is 1.29 bits per heavy atom. The molecule has 1 aromatic rings. The zero-order valence-corrected chi connectivity index (χ0v) is 10.8. The number of nitrogens with zero attached hydrogens (tertiary/aromatic N) is 2. The van der Waals surface area contributed by atoms with Crippen LogP contribution in [0.1, 0.15) is 49.1 Å². The lowest BCUT2D eigenvalue weighted by atomic mass is 10.1. The Balaban J connectivity index is 1.60. The topological polar surface area (TPSA) is 51.0 Å². The van der Waals surface area contributed by atoms with E-state index in [4.69, 9.17) is 4.52 Å². The predicted molar refractivity (Wildman–Crippen MR) is 68.1 cm³/mol. The van der Waals surface area contributed by atoms with Crippen molar-refractivity contribution in [2.45, 2.75) is 49.8 Å². The Hall–Kier alpha value is -0.550. The first kappa shape index (κ1) is 11.5. The van der Waals surface area contributed by atoms with Crippen LogP contribution < -0.4 is 5.32 Å². The third kappa shape index (κ3) is 2.83. The highest BCUT2D eigenvalue weighted by Crippen LogP contribution is 2.36. The van der Waals surface area contributed by atoms with Gasteiger partial charge in [0.25, 0.3) is 0 Å². The number of thioether (sulfide) groups is 1. The van der Waals surface area contributed by atoms with Crippen molar-refractivity contribution < 1.29 is 4.52 Å². The average Bonchev–Trinajstić information content (AvgIpc) is 3.02. The summed E-state index contributed by atoms with van der Waals surface area (Å²) in [7, 11) is 0. The zero-order valence-electron chi connectivity index (χ0n) is 10.0. The maximum absolute atomic E-state index is 5.37. The summed E-state index contributed by atoms with van der Waals surface area (Å²) in [6.07, 6.45) is 7.22. The maximum atomic E-state index is 5.37. The molecule has 3 heterocycles. The Morgan fingerprint density at radius 2 is 2.29 bits per heavy atom. The van der Waals surface area contributed by atoms with Gasteiger partial charge in [0, 0.05) is 12.5 Å². The summed E-state index contributed by atoms with van der Waals surface area (Å²) in [5.74, 6) is 2.96. The van der Waals surface area contributed by atoms with Crippen molar-refractivity contribution in [3.63, 3.8) is 0 Å². The summed E-state index contributed by atoms with van der Waals surface area (Å²) in [5.41, 5.74) is 0. The summed E-state index contributed by atoms with van der Waals surface area (Å²) in [4.78, 5) is 4.56. The number of rotatable bonds is 3. The minimum atomic E-state index is 0.470. The molecule has 2 aliphatic heterocycles. The van der Waals surface area contributed by atoms with Gasteiger partial charge in [-0.1, -0.05) is 11.6 Å². The van der Waals surface area contributed by atoms with Gasteiger partial charge in [-0.2, -0.15) is 16.7 Å². The molecule has 2 unspecified atom stereocenters. The van der Waals surface area contributed by atoms with E-state index in [-0.39, 0.29) is 0 Å². The molecule has 5 heteroatoms. The fourth-order valence-corrected chi connectivity index (χ4v) is 3.80. The fourth-order valence-electron chi connectivity index (χ4n) is 2.57. The van der Waals surface area contributed by atoms with E-state index in [2.05, 4.69) is 15.5 Å².